The monoisotopic (exact) mass is 352 g/mol. The summed E-state index contributed by atoms with van der Waals surface area (Å²) in [5.41, 5.74) is 0. The first-order valence-electron chi connectivity index (χ1n) is 3.77. The molecule has 1 saturated carbocycles. The average molecular weight is 355 g/mol. The van der Waals surface area contributed by atoms with Crippen LogP contribution in [0, 0.1) is 0 Å². The SMILES string of the molecule is CCCOC1C(Cl)(Cl)C(=O)C1(Br)Br. The maximum atomic E-state index is 11.3. The van der Waals surface area contributed by atoms with Gasteiger partial charge >= 0.3 is 0 Å². The molecular weight excluding hydrogens is 347 g/mol. The highest BCUT2D eigenvalue weighted by Gasteiger charge is 2.70. The van der Waals surface area contributed by atoms with Crippen LogP contribution >= 0.6 is 55.1 Å². The highest BCUT2D eigenvalue weighted by molar-refractivity contribution is 9.26. The normalized spacial score (nSPS) is 29.9. The van der Waals surface area contributed by atoms with E-state index in [-0.39, 0.29) is 5.78 Å². The molecule has 0 radical (unpaired) electrons. The molecule has 0 N–H and O–H groups in total. The van der Waals surface area contributed by atoms with Crippen molar-refractivity contribution in [2.75, 3.05) is 6.61 Å². The van der Waals surface area contributed by atoms with Gasteiger partial charge in [-0.15, -0.1) is 0 Å². The second-order valence-electron chi connectivity index (χ2n) is 2.83. The fraction of sp³-hybridized carbons (Fsp3) is 0.857. The van der Waals surface area contributed by atoms with Gasteiger partial charge in [0, 0.05) is 6.61 Å². The van der Waals surface area contributed by atoms with Crippen molar-refractivity contribution < 1.29 is 9.53 Å². The summed E-state index contributed by atoms with van der Waals surface area (Å²) in [4.78, 5) is 11.3. The predicted molar refractivity (Wildman–Crippen MR) is 60.1 cm³/mol. The van der Waals surface area contributed by atoms with Crippen LogP contribution in [0.15, 0.2) is 0 Å². The van der Waals surface area contributed by atoms with Gasteiger partial charge in [0.25, 0.3) is 0 Å². The molecule has 2 nitrogen and oxygen atoms in total. The van der Waals surface area contributed by atoms with Gasteiger partial charge in [0.1, 0.15) is 6.10 Å². The molecule has 76 valence electrons. The minimum absolute atomic E-state index is 0.315. The molecule has 13 heavy (non-hydrogen) atoms. The van der Waals surface area contributed by atoms with Crippen LogP contribution in [0.5, 0.6) is 0 Å². The Bertz CT molecular complexity index is 213. The fourth-order valence-corrected chi connectivity index (χ4v) is 4.37. The Morgan fingerprint density at radius 3 is 2.46 bits per heavy atom. The van der Waals surface area contributed by atoms with E-state index in [9.17, 15) is 4.79 Å². The molecule has 0 aliphatic heterocycles. The lowest BCUT2D eigenvalue weighted by Crippen LogP contribution is -2.68. The van der Waals surface area contributed by atoms with Gasteiger partial charge in [-0.3, -0.25) is 4.79 Å². The Balaban J connectivity index is 2.67. The molecule has 0 saturated heterocycles. The number of alkyl halides is 4. The Labute approximate surface area is 104 Å². The third-order valence-corrected chi connectivity index (χ3v) is 4.04. The first-order chi connectivity index (χ1) is 5.85. The first kappa shape index (κ1) is 12.2. The Kier molecular flexibility index (Phi) is 3.74. The van der Waals surface area contributed by atoms with Crippen molar-refractivity contribution >= 4 is 60.8 Å². The van der Waals surface area contributed by atoms with E-state index >= 15 is 0 Å². The number of carbonyl (C=O) groups is 1. The maximum absolute atomic E-state index is 11.3. The molecule has 1 rings (SSSR count). The molecule has 1 aliphatic carbocycles. The summed E-state index contributed by atoms with van der Waals surface area (Å²) in [7, 11) is 0. The van der Waals surface area contributed by atoms with Crippen molar-refractivity contribution in [2.45, 2.75) is 27.0 Å². The maximum Gasteiger partial charge on any atom is 0.206 e. The summed E-state index contributed by atoms with van der Waals surface area (Å²) >= 11 is 17.9. The minimum atomic E-state index is -1.43. The lowest BCUT2D eigenvalue weighted by atomic mass is 9.92. The number of Topliss-reactive ketones (excluding diaryl/α,β-unsaturated/α-hetero) is 1. The quantitative estimate of drug-likeness (QED) is 0.728. The zero-order valence-electron chi connectivity index (χ0n) is 6.82. The van der Waals surface area contributed by atoms with Gasteiger partial charge in [-0.05, 0) is 6.42 Å². The van der Waals surface area contributed by atoms with Crippen molar-refractivity contribution in [3.63, 3.8) is 0 Å². The summed E-state index contributed by atoms with van der Waals surface area (Å²) in [6, 6.07) is 0. The number of ether oxygens (including phenoxy) is 1. The molecule has 0 bridgehead atoms. The van der Waals surface area contributed by atoms with Crippen LogP contribution in [-0.2, 0) is 9.53 Å². The molecule has 1 atom stereocenters. The molecule has 1 unspecified atom stereocenters. The molecule has 6 heteroatoms. The van der Waals surface area contributed by atoms with Crippen LogP contribution in [0.2, 0.25) is 0 Å². The van der Waals surface area contributed by atoms with Crippen molar-refractivity contribution in [1.82, 2.24) is 0 Å². The van der Waals surface area contributed by atoms with E-state index in [4.69, 9.17) is 27.9 Å². The summed E-state index contributed by atoms with van der Waals surface area (Å²) < 4.78 is 3.00. The van der Waals surface area contributed by atoms with Gasteiger partial charge in [-0.1, -0.05) is 62.0 Å². The number of ketones is 1. The van der Waals surface area contributed by atoms with Crippen LogP contribution in [0.1, 0.15) is 13.3 Å². The first-order valence-corrected chi connectivity index (χ1v) is 6.11. The lowest BCUT2D eigenvalue weighted by molar-refractivity contribution is -0.135. The Morgan fingerprint density at radius 2 is 2.08 bits per heavy atom. The molecule has 0 aromatic heterocycles. The molecule has 0 amide bonds. The topological polar surface area (TPSA) is 26.3 Å². The van der Waals surface area contributed by atoms with E-state index in [1.807, 2.05) is 6.92 Å². The second kappa shape index (κ2) is 3.97. The number of halogens is 4. The standard InChI is InChI=1S/C7H8Br2Cl2O2/c1-2-3-13-5-6(8,9)4(12)7(5,10)11/h5H,2-3H2,1H3. The van der Waals surface area contributed by atoms with E-state index in [0.717, 1.165) is 6.42 Å². The van der Waals surface area contributed by atoms with Crippen LogP contribution < -0.4 is 0 Å². The number of rotatable bonds is 3. The number of carbonyl (C=O) groups excluding carboxylic acids is 1. The van der Waals surface area contributed by atoms with E-state index in [1.54, 1.807) is 0 Å². The third-order valence-electron chi connectivity index (χ3n) is 1.75. The summed E-state index contributed by atoms with van der Waals surface area (Å²) in [5.74, 6) is -0.315. The number of hydrogen-bond donors (Lipinski definition) is 0. The van der Waals surface area contributed by atoms with Gasteiger partial charge in [0.15, 0.2) is 3.23 Å². The largest absolute Gasteiger partial charge is 0.372 e. The average Bonchev–Trinajstić information content (AvgIpc) is 2.03. The fourth-order valence-electron chi connectivity index (χ4n) is 1.06. The van der Waals surface area contributed by atoms with Gasteiger partial charge in [-0.2, -0.15) is 0 Å². The molecule has 1 fully saturated rings. The second-order valence-corrected chi connectivity index (χ2v) is 7.78. The smallest absolute Gasteiger partial charge is 0.206 e. The number of hydrogen-bond acceptors (Lipinski definition) is 2. The van der Waals surface area contributed by atoms with E-state index in [2.05, 4.69) is 31.9 Å². The summed E-state index contributed by atoms with van der Waals surface area (Å²) in [6.07, 6.45) is 0.306. The molecular formula is C7H8Br2Cl2O2. The molecule has 1 aliphatic rings. The summed E-state index contributed by atoms with van der Waals surface area (Å²) in [6.45, 7) is 2.49. The van der Waals surface area contributed by atoms with Crippen molar-refractivity contribution in [2.24, 2.45) is 0 Å². The molecule has 0 aromatic rings. The molecule has 0 spiro atoms. The van der Waals surface area contributed by atoms with Crippen molar-refractivity contribution in [1.29, 1.82) is 0 Å². The van der Waals surface area contributed by atoms with Gasteiger partial charge in [-0.25, -0.2) is 0 Å². The predicted octanol–water partition coefficient (Wildman–Crippen LogP) is 3.02. The zero-order chi connectivity index (χ0) is 10.3. The van der Waals surface area contributed by atoms with Gasteiger partial charge in [0.05, 0.1) is 0 Å². The Hall–Kier alpha value is 1.17. The highest BCUT2D eigenvalue weighted by Crippen LogP contribution is 2.56. The van der Waals surface area contributed by atoms with E-state index in [1.165, 1.54) is 0 Å². The minimum Gasteiger partial charge on any atom is -0.372 e. The third kappa shape index (κ3) is 1.93. The van der Waals surface area contributed by atoms with Crippen molar-refractivity contribution in [3.05, 3.63) is 0 Å². The van der Waals surface area contributed by atoms with E-state index < -0.39 is 13.7 Å². The summed E-state index contributed by atoms with van der Waals surface area (Å²) in [5, 5.41) is 0. The van der Waals surface area contributed by atoms with Crippen LogP contribution in [0.3, 0.4) is 0 Å². The highest BCUT2D eigenvalue weighted by atomic mass is 79.9. The Morgan fingerprint density at radius 1 is 1.54 bits per heavy atom. The van der Waals surface area contributed by atoms with Crippen LogP contribution in [0.4, 0.5) is 0 Å². The van der Waals surface area contributed by atoms with Gasteiger partial charge in [0.2, 0.25) is 10.1 Å². The van der Waals surface area contributed by atoms with Crippen LogP contribution in [-0.4, -0.2) is 26.1 Å². The molecule has 0 heterocycles. The van der Waals surface area contributed by atoms with Crippen molar-refractivity contribution in [3.8, 4) is 0 Å². The molecule has 0 aromatic carbocycles. The van der Waals surface area contributed by atoms with Gasteiger partial charge < -0.3 is 4.74 Å². The van der Waals surface area contributed by atoms with Crippen LogP contribution in [0.25, 0.3) is 0 Å². The lowest BCUT2D eigenvalue weighted by Gasteiger charge is -2.47. The van der Waals surface area contributed by atoms with E-state index in [0.29, 0.717) is 6.61 Å². The zero-order valence-corrected chi connectivity index (χ0v) is 11.5.